The average Bonchev–Trinajstić information content (AvgIpc) is 2.57. The van der Waals surface area contributed by atoms with Gasteiger partial charge in [-0.15, -0.1) is 23.5 Å². The van der Waals surface area contributed by atoms with Crippen molar-refractivity contribution in [1.29, 1.82) is 0 Å². The third kappa shape index (κ3) is 3.04. The van der Waals surface area contributed by atoms with E-state index in [2.05, 4.69) is 0 Å². The summed E-state index contributed by atoms with van der Waals surface area (Å²) in [7, 11) is 0. The SMILES string of the molecule is CCOC(C)C(C(C)=O)=C1SCCS1. The number of rotatable bonds is 4. The van der Waals surface area contributed by atoms with Crippen LogP contribution < -0.4 is 0 Å². The molecule has 0 saturated carbocycles. The molecule has 1 aliphatic heterocycles. The van der Waals surface area contributed by atoms with Crippen LogP contribution in [0.3, 0.4) is 0 Å². The molecule has 1 heterocycles. The highest BCUT2D eigenvalue weighted by molar-refractivity contribution is 8.25. The molecule has 0 aromatic heterocycles. The number of thioether (sulfide) groups is 2. The quantitative estimate of drug-likeness (QED) is 0.696. The topological polar surface area (TPSA) is 26.3 Å². The van der Waals surface area contributed by atoms with E-state index >= 15 is 0 Å². The summed E-state index contributed by atoms with van der Waals surface area (Å²) in [5.74, 6) is 2.36. The normalized spacial score (nSPS) is 18.4. The fraction of sp³-hybridized carbons (Fsp3) is 0.700. The van der Waals surface area contributed by atoms with E-state index in [1.807, 2.05) is 13.8 Å². The molecule has 1 rings (SSSR count). The molecule has 1 unspecified atom stereocenters. The van der Waals surface area contributed by atoms with E-state index in [0.717, 1.165) is 17.1 Å². The number of hydrogen-bond donors (Lipinski definition) is 0. The maximum Gasteiger partial charge on any atom is 0.160 e. The monoisotopic (exact) mass is 232 g/mol. The molecule has 1 atom stereocenters. The van der Waals surface area contributed by atoms with Gasteiger partial charge in [0.25, 0.3) is 0 Å². The molecule has 0 aliphatic carbocycles. The van der Waals surface area contributed by atoms with Crippen LogP contribution in [0.25, 0.3) is 0 Å². The first-order chi connectivity index (χ1) is 6.66. The van der Waals surface area contributed by atoms with Crippen molar-refractivity contribution in [2.45, 2.75) is 26.9 Å². The van der Waals surface area contributed by atoms with Gasteiger partial charge >= 0.3 is 0 Å². The Kier molecular flexibility index (Phi) is 5.06. The van der Waals surface area contributed by atoms with Crippen molar-refractivity contribution in [2.24, 2.45) is 0 Å². The molecule has 0 bridgehead atoms. The first kappa shape index (κ1) is 12.1. The molecule has 0 radical (unpaired) electrons. The van der Waals surface area contributed by atoms with Crippen LogP contribution in [0.1, 0.15) is 20.8 Å². The zero-order valence-electron chi connectivity index (χ0n) is 8.83. The van der Waals surface area contributed by atoms with Crippen molar-refractivity contribution in [2.75, 3.05) is 18.1 Å². The summed E-state index contributed by atoms with van der Waals surface area (Å²) in [4.78, 5) is 11.5. The van der Waals surface area contributed by atoms with E-state index < -0.39 is 0 Å². The molecule has 1 saturated heterocycles. The molecular weight excluding hydrogens is 216 g/mol. The highest BCUT2D eigenvalue weighted by Crippen LogP contribution is 2.40. The van der Waals surface area contributed by atoms with E-state index in [0.29, 0.717) is 6.61 Å². The highest BCUT2D eigenvalue weighted by Gasteiger charge is 2.22. The van der Waals surface area contributed by atoms with E-state index in [1.165, 1.54) is 4.24 Å². The molecule has 4 heteroatoms. The van der Waals surface area contributed by atoms with Crippen LogP contribution in [0, 0.1) is 0 Å². The molecule has 2 nitrogen and oxygen atoms in total. The van der Waals surface area contributed by atoms with Crippen LogP contribution in [0.5, 0.6) is 0 Å². The third-order valence-corrected chi connectivity index (χ3v) is 4.72. The van der Waals surface area contributed by atoms with Crippen molar-refractivity contribution in [3.63, 3.8) is 0 Å². The number of carbonyl (C=O) groups excluding carboxylic acids is 1. The molecule has 0 spiro atoms. The Labute approximate surface area is 93.8 Å². The van der Waals surface area contributed by atoms with Crippen LogP contribution in [-0.2, 0) is 9.53 Å². The third-order valence-electron chi connectivity index (χ3n) is 1.97. The number of ether oxygens (including phenoxy) is 1. The Balaban J connectivity index is 2.82. The zero-order chi connectivity index (χ0) is 10.6. The van der Waals surface area contributed by atoms with E-state index in [-0.39, 0.29) is 11.9 Å². The van der Waals surface area contributed by atoms with Crippen molar-refractivity contribution >= 4 is 29.3 Å². The van der Waals surface area contributed by atoms with Crippen LogP contribution in [0.4, 0.5) is 0 Å². The largest absolute Gasteiger partial charge is 0.374 e. The molecular formula is C10H16O2S2. The lowest BCUT2D eigenvalue weighted by atomic mass is 10.1. The smallest absolute Gasteiger partial charge is 0.160 e. The minimum Gasteiger partial charge on any atom is -0.374 e. The highest BCUT2D eigenvalue weighted by atomic mass is 32.2. The molecule has 0 N–H and O–H groups in total. The summed E-state index contributed by atoms with van der Waals surface area (Å²) < 4.78 is 6.64. The second-order valence-corrected chi connectivity index (χ2v) is 5.52. The predicted molar refractivity (Wildman–Crippen MR) is 63.7 cm³/mol. The molecule has 1 aliphatic rings. The molecule has 0 aromatic carbocycles. The molecule has 1 fully saturated rings. The Hall–Kier alpha value is 0.0700. The van der Waals surface area contributed by atoms with Gasteiger partial charge in [-0.3, -0.25) is 4.79 Å². The molecule has 14 heavy (non-hydrogen) atoms. The summed E-state index contributed by atoms with van der Waals surface area (Å²) in [5, 5.41) is 0. The van der Waals surface area contributed by atoms with E-state index in [9.17, 15) is 4.79 Å². The Bertz CT molecular complexity index is 241. The predicted octanol–water partition coefficient (Wildman–Crippen LogP) is 2.69. The van der Waals surface area contributed by atoms with Gasteiger partial charge in [0, 0.05) is 27.9 Å². The van der Waals surface area contributed by atoms with Gasteiger partial charge in [-0.2, -0.15) is 0 Å². The van der Waals surface area contributed by atoms with Gasteiger partial charge < -0.3 is 4.74 Å². The summed E-state index contributed by atoms with van der Waals surface area (Å²) in [5.41, 5.74) is 0.861. The Morgan fingerprint density at radius 2 is 2.07 bits per heavy atom. The van der Waals surface area contributed by atoms with Gasteiger partial charge in [0.05, 0.1) is 6.10 Å². The molecule has 0 aromatic rings. The number of Topliss-reactive ketones (excluding diaryl/α,β-unsaturated/α-hetero) is 1. The van der Waals surface area contributed by atoms with E-state index in [1.54, 1.807) is 30.4 Å². The van der Waals surface area contributed by atoms with Crippen LogP contribution >= 0.6 is 23.5 Å². The van der Waals surface area contributed by atoms with E-state index in [4.69, 9.17) is 4.74 Å². The minimum absolute atomic E-state index is 0.0643. The lowest BCUT2D eigenvalue weighted by Crippen LogP contribution is -2.17. The lowest BCUT2D eigenvalue weighted by Gasteiger charge is -2.15. The average molecular weight is 232 g/mol. The van der Waals surface area contributed by atoms with Gasteiger partial charge in [0.2, 0.25) is 0 Å². The summed E-state index contributed by atoms with van der Waals surface area (Å²) in [6.45, 7) is 6.18. The van der Waals surface area contributed by atoms with Gasteiger partial charge in [-0.1, -0.05) is 0 Å². The maximum atomic E-state index is 11.5. The summed E-state index contributed by atoms with van der Waals surface area (Å²) in [6.07, 6.45) is -0.0643. The molecule has 0 amide bonds. The summed E-state index contributed by atoms with van der Waals surface area (Å²) in [6, 6.07) is 0. The molecule has 80 valence electrons. The summed E-state index contributed by atoms with van der Waals surface area (Å²) >= 11 is 3.55. The first-order valence-electron chi connectivity index (χ1n) is 4.79. The second-order valence-electron chi connectivity index (χ2n) is 3.05. The van der Waals surface area contributed by atoms with Crippen LogP contribution in [0.2, 0.25) is 0 Å². The second kappa shape index (κ2) is 5.83. The maximum absolute atomic E-state index is 11.5. The number of carbonyl (C=O) groups is 1. The van der Waals surface area contributed by atoms with Gasteiger partial charge in [0.15, 0.2) is 5.78 Å². The fourth-order valence-electron chi connectivity index (χ4n) is 1.40. The number of hydrogen-bond acceptors (Lipinski definition) is 4. The van der Waals surface area contributed by atoms with Gasteiger partial charge in [-0.05, 0) is 20.8 Å². The van der Waals surface area contributed by atoms with Crippen molar-refractivity contribution in [3.8, 4) is 0 Å². The van der Waals surface area contributed by atoms with Crippen LogP contribution in [-0.4, -0.2) is 30.0 Å². The fourth-order valence-corrected chi connectivity index (χ4v) is 4.20. The zero-order valence-corrected chi connectivity index (χ0v) is 10.5. The minimum atomic E-state index is -0.0643. The van der Waals surface area contributed by atoms with Crippen molar-refractivity contribution in [3.05, 3.63) is 9.81 Å². The number of ketones is 1. The standard InChI is InChI=1S/C10H16O2S2/c1-4-12-8(3)9(7(2)11)10-13-5-6-14-10/h8H,4-6H2,1-3H3. The van der Waals surface area contributed by atoms with Gasteiger partial charge in [0.1, 0.15) is 0 Å². The van der Waals surface area contributed by atoms with Crippen molar-refractivity contribution < 1.29 is 9.53 Å². The lowest BCUT2D eigenvalue weighted by molar-refractivity contribution is -0.114. The first-order valence-corrected chi connectivity index (χ1v) is 6.76. The van der Waals surface area contributed by atoms with Gasteiger partial charge in [-0.25, -0.2) is 0 Å². The van der Waals surface area contributed by atoms with Crippen LogP contribution in [0.15, 0.2) is 9.81 Å². The van der Waals surface area contributed by atoms with Crippen molar-refractivity contribution in [1.82, 2.24) is 0 Å². The Morgan fingerprint density at radius 3 is 2.50 bits per heavy atom. The Morgan fingerprint density at radius 1 is 1.50 bits per heavy atom.